The van der Waals surface area contributed by atoms with E-state index in [2.05, 4.69) is 15.4 Å². The number of nitrogens with one attached hydrogen (secondary N) is 1. The summed E-state index contributed by atoms with van der Waals surface area (Å²) in [4.78, 5) is 15.6. The van der Waals surface area contributed by atoms with Crippen LogP contribution in [0.25, 0.3) is 0 Å². The third-order valence-electron chi connectivity index (χ3n) is 1.90. The minimum Gasteiger partial charge on any atom is -0.467 e. The molecule has 0 aliphatic heterocycles. The van der Waals surface area contributed by atoms with Gasteiger partial charge in [0.25, 0.3) is 5.91 Å². The molecule has 7 N–H and O–H groups in total. The van der Waals surface area contributed by atoms with E-state index >= 15 is 0 Å². The van der Waals surface area contributed by atoms with Crippen LogP contribution in [-0.4, -0.2) is 25.0 Å². The fourth-order valence-corrected chi connectivity index (χ4v) is 1.17. The van der Waals surface area contributed by atoms with Crippen LogP contribution in [0, 0.1) is 0 Å². The van der Waals surface area contributed by atoms with E-state index in [-0.39, 0.29) is 12.0 Å². The first-order valence-corrected chi connectivity index (χ1v) is 4.89. The lowest BCUT2D eigenvalue weighted by Crippen LogP contribution is -2.32. The molecule has 0 atom stereocenters. The molecule has 1 amide bonds. The third kappa shape index (κ3) is 3.67. The molecule has 0 unspecified atom stereocenters. The van der Waals surface area contributed by atoms with Crippen LogP contribution in [0.1, 0.15) is 10.4 Å². The smallest absolute Gasteiger partial charge is 0.312 e. The van der Waals surface area contributed by atoms with Crippen LogP contribution in [0.3, 0.4) is 0 Å². The van der Waals surface area contributed by atoms with E-state index in [9.17, 15) is 4.79 Å². The number of carbonyl (C=O) groups is 1. The van der Waals surface area contributed by atoms with E-state index in [0.29, 0.717) is 11.3 Å². The number of methoxy groups -OCH3 is 1. The van der Waals surface area contributed by atoms with E-state index in [1.807, 2.05) is 0 Å². The first kappa shape index (κ1) is 13.3. The average molecular weight is 250 g/mol. The summed E-state index contributed by atoms with van der Waals surface area (Å²) in [5.41, 5.74) is 11.3. The van der Waals surface area contributed by atoms with Crippen molar-refractivity contribution in [3.63, 3.8) is 0 Å². The maximum absolute atomic E-state index is 11.8. The standard InChI is InChI=1S/C10H14N6O2/c1-18-10(16-13)15-8(17)6-3-2-4-7(5-6)14-9(11)12/h2-5H,13H2,1H3,(H4,11,12,14)(H,15,16,17). The van der Waals surface area contributed by atoms with Gasteiger partial charge in [0.2, 0.25) is 0 Å². The predicted octanol–water partition coefficient (Wildman–Crippen LogP) is -0.803. The van der Waals surface area contributed by atoms with Crippen molar-refractivity contribution in [3.8, 4) is 0 Å². The summed E-state index contributed by atoms with van der Waals surface area (Å²) in [7, 11) is 1.34. The number of amidine groups is 1. The zero-order valence-corrected chi connectivity index (χ0v) is 9.75. The summed E-state index contributed by atoms with van der Waals surface area (Å²) >= 11 is 0. The number of rotatable bonds is 2. The molecule has 0 aromatic heterocycles. The number of guanidine groups is 1. The molecule has 8 heteroatoms. The van der Waals surface area contributed by atoms with Gasteiger partial charge in [0.15, 0.2) is 5.96 Å². The Bertz CT molecular complexity index is 493. The maximum Gasteiger partial charge on any atom is 0.312 e. The Morgan fingerprint density at radius 2 is 2.11 bits per heavy atom. The highest BCUT2D eigenvalue weighted by Crippen LogP contribution is 2.13. The van der Waals surface area contributed by atoms with Gasteiger partial charge in [0.1, 0.15) is 0 Å². The predicted molar refractivity (Wildman–Crippen MR) is 68.0 cm³/mol. The fourth-order valence-electron chi connectivity index (χ4n) is 1.17. The van der Waals surface area contributed by atoms with E-state index in [4.69, 9.17) is 22.0 Å². The van der Waals surface area contributed by atoms with Gasteiger partial charge in [-0.25, -0.2) is 4.99 Å². The van der Waals surface area contributed by atoms with Crippen molar-refractivity contribution in [2.24, 2.45) is 27.4 Å². The van der Waals surface area contributed by atoms with E-state index in [1.54, 1.807) is 18.2 Å². The Labute approximate surface area is 103 Å². The number of hydrazone groups is 1. The zero-order chi connectivity index (χ0) is 13.5. The lowest BCUT2D eigenvalue weighted by atomic mass is 10.2. The van der Waals surface area contributed by atoms with E-state index < -0.39 is 5.91 Å². The Morgan fingerprint density at radius 3 is 2.67 bits per heavy atom. The van der Waals surface area contributed by atoms with Gasteiger partial charge in [-0.05, 0) is 18.2 Å². The van der Waals surface area contributed by atoms with Crippen molar-refractivity contribution in [1.82, 2.24) is 5.32 Å². The van der Waals surface area contributed by atoms with Gasteiger partial charge in [-0.15, -0.1) is 5.10 Å². The summed E-state index contributed by atoms with van der Waals surface area (Å²) in [5, 5.41) is 5.60. The van der Waals surface area contributed by atoms with E-state index in [1.165, 1.54) is 13.2 Å². The first-order chi connectivity index (χ1) is 8.56. The van der Waals surface area contributed by atoms with Crippen molar-refractivity contribution in [2.45, 2.75) is 0 Å². The van der Waals surface area contributed by atoms with Crippen molar-refractivity contribution in [3.05, 3.63) is 29.8 Å². The number of amides is 1. The average Bonchev–Trinajstić information content (AvgIpc) is 2.35. The molecule has 1 aromatic carbocycles. The second-order valence-corrected chi connectivity index (χ2v) is 3.18. The summed E-state index contributed by atoms with van der Waals surface area (Å²) in [6.07, 6.45) is 0. The topological polar surface area (TPSA) is 141 Å². The van der Waals surface area contributed by atoms with Crippen LogP contribution in [0.2, 0.25) is 0 Å². The molecule has 8 nitrogen and oxygen atoms in total. The van der Waals surface area contributed by atoms with Gasteiger partial charge in [-0.2, -0.15) is 0 Å². The minimum atomic E-state index is -0.436. The second kappa shape index (κ2) is 6.09. The van der Waals surface area contributed by atoms with Crippen LogP contribution < -0.4 is 22.6 Å². The van der Waals surface area contributed by atoms with E-state index in [0.717, 1.165) is 0 Å². The molecule has 0 heterocycles. The maximum atomic E-state index is 11.8. The molecule has 18 heavy (non-hydrogen) atoms. The third-order valence-corrected chi connectivity index (χ3v) is 1.90. The van der Waals surface area contributed by atoms with Gasteiger partial charge in [-0.1, -0.05) is 6.07 Å². The number of nitrogens with two attached hydrogens (primary N) is 3. The number of carbonyl (C=O) groups excluding carboxylic acids is 1. The van der Waals surface area contributed by atoms with Crippen LogP contribution in [0.4, 0.5) is 5.69 Å². The van der Waals surface area contributed by atoms with Crippen molar-refractivity contribution in [1.29, 1.82) is 0 Å². The number of nitrogens with zero attached hydrogens (tertiary/aromatic N) is 2. The molecule has 1 rings (SSSR count). The molecular formula is C10H14N6O2. The normalized spacial score (nSPS) is 10.6. The molecule has 1 aromatic rings. The highest BCUT2D eigenvalue weighted by Gasteiger charge is 2.09. The molecule has 0 bridgehead atoms. The van der Waals surface area contributed by atoms with Crippen LogP contribution >= 0.6 is 0 Å². The highest BCUT2D eigenvalue weighted by molar-refractivity contribution is 6.04. The molecule has 0 fully saturated rings. The first-order valence-electron chi connectivity index (χ1n) is 4.89. The minimum absolute atomic E-state index is 0.0892. The number of hydrogen-bond acceptors (Lipinski definition) is 5. The van der Waals surface area contributed by atoms with Crippen LogP contribution in [0.15, 0.2) is 34.4 Å². The summed E-state index contributed by atoms with van der Waals surface area (Å²) in [5.74, 6) is 4.47. The Hall–Kier alpha value is -2.77. The summed E-state index contributed by atoms with van der Waals surface area (Å²) in [6.45, 7) is 0. The van der Waals surface area contributed by atoms with Gasteiger partial charge < -0.3 is 22.0 Å². The Balaban J connectivity index is 2.90. The number of benzene rings is 1. The van der Waals surface area contributed by atoms with Gasteiger partial charge in [0.05, 0.1) is 12.8 Å². The van der Waals surface area contributed by atoms with Crippen LogP contribution in [0.5, 0.6) is 0 Å². The fraction of sp³-hybridized carbons (Fsp3) is 0.100. The molecule has 0 aliphatic carbocycles. The number of ether oxygens (including phenoxy) is 1. The molecule has 96 valence electrons. The quantitative estimate of drug-likeness (QED) is 0.235. The Kier molecular flexibility index (Phi) is 4.50. The monoisotopic (exact) mass is 250 g/mol. The molecule has 0 radical (unpaired) electrons. The molecule has 0 spiro atoms. The summed E-state index contributed by atoms with van der Waals surface area (Å²) in [6, 6.07) is 6.31. The van der Waals surface area contributed by atoms with Crippen molar-refractivity contribution >= 4 is 23.6 Å². The molecule has 0 saturated carbocycles. The molecule has 0 saturated heterocycles. The summed E-state index contributed by atoms with van der Waals surface area (Å²) < 4.78 is 4.71. The SMILES string of the molecule is CO/C(=N\N)NC(=O)c1cccc(N=C(N)N)c1. The van der Waals surface area contributed by atoms with Crippen molar-refractivity contribution in [2.75, 3.05) is 7.11 Å². The number of hydrogen-bond donors (Lipinski definition) is 4. The van der Waals surface area contributed by atoms with Crippen LogP contribution in [-0.2, 0) is 4.74 Å². The largest absolute Gasteiger partial charge is 0.467 e. The Morgan fingerprint density at radius 1 is 1.39 bits per heavy atom. The van der Waals surface area contributed by atoms with Gasteiger partial charge in [-0.3, -0.25) is 10.1 Å². The zero-order valence-electron chi connectivity index (χ0n) is 9.75. The molecular weight excluding hydrogens is 236 g/mol. The lowest BCUT2D eigenvalue weighted by molar-refractivity contribution is 0.0968. The van der Waals surface area contributed by atoms with Crippen molar-refractivity contribution < 1.29 is 9.53 Å². The lowest BCUT2D eigenvalue weighted by Gasteiger charge is -2.06. The van der Waals surface area contributed by atoms with Gasteiger partial charge >= 0.3 is 6.02 Å². The number of aliphatic imine (C=N–C) groups is 1. The van der Waals surface area contributed by atoms with Gasteiger partial charge in [0, 0.05) is 5.56 Å². The molecule has 0 aliphatic rings. The highest BCUT2D eigenvalue weighted by atomic mass is 16.5. The second-order valence-electron chi connectivity index (χ2n) is 3.18.